The zero-order valence-electron chi connectivity index (χ0n) is 15.0. The van der Waals surface area contributed by atoms with Crippen LogP contribution in [0.2, 0.25) is 5.02 Å². The molecule has 2 aromatic rings. The number of carbonyl (C=O) groups is 1. The van der Waals surface area contributed by atoms with Crippen molar-refractivity contribution in [3.63, 3.8) is 0 Å². The van der Waals surface area contributed by atoms with Crippen LogP contribution in [0.25, 0.3) is 0 Å². The van der Waals surface area contributed by atoms with Gasteiger partial charge in [0.05, 0.1) is 18.1 Å². The Morgan fingerprint density at radius 2 is 2.04 bits per heavy atom. The molecule has 3 rings (SSSR count). The van der Waals surface area contributed by atoms with Crippen molar-refractivity contribution in [3.05, 3.63) is 64.7 Å². The van der Waals surface area contributed by atoms with Crippen molar-refractivity contribution < 1.29 is 9.53 Å². The SMILES string of the molecule is CC(C)Oc1ccc(CNC(=O)C2CNNC2c2cccc(Cl)c2)cc1. The van der Waals surface area contributed by atoms with Crippen LogP contribution < -0.4 is 20.9 Å². The molecule has 1 aliphatic rings. The van der Waals surface area contributed by atoms with E-state index in [9.17, 15) is 4.79 Å². The lowest BCUT2D eigenvalue weighted by molar-refractivity contribution is -0.125. The van der Waals surface area contributed by atoms with Crippen molar-refractivity contribution in [1.82, 2.24) is 16.2 Å². The van der Waals surface area contributed by atoms with Crippen LogP contribution in [-0.4, -0.2) is 18.6 Å². The number of halogens is 1. The molecule has 1 heterocycles. The minimum absolute atomic E-state index is 0.00924. The molecule has 0 aliphatic carbocycles. The third kappa shape index (κ3) is 4.75. The van der Waals surface area contributed by atoms with E-state index in [0.717, 1.165) is 16.9 Å². The molecule has 2 aromatic carbocycles. The maximum atomic E-state index is 12.7. The molecule has 1 fully saturated rings. The van der Waals surface area contributed by atoms with E-state index >= 15 is 0 Å². The molecule has 0 aromatic heterocycles. The number of hydrogen-bond donors (Lipinski definition) is 3. The van der Waals surface area contributed by atoms with E-state index in [-0.39, 0.29) is 24.0 Å². The van der Waals surface area contributed by atoms with Gasteiger partial charge in [-0.25, -0.2) is 5.43 Å². The van der Waals surface area contributed by atoms with Crippen LogP contribution in [0.3, 0.4) is 0 Å². The van der Waals surface area contributed by atoms with Gasteiger partial charge in [0.2, 0.25) is 5.91 Å². The van der Waals surface area contributed by atoms with Gasteiger partial charge in [0.1, 0.15) is 5.75 Å². The van der Waals surface area contributed by atoms with Crippen LogP contribution in [0.15, 0.2) is 48.5 Å². The van der Waals surface area contributed by atoms with Crippen molar-refractivity contribution in [2.24, 2.45) is 5.92 Å². The number of rotatable bonds is 6. The molecular formula is C20H24ClN3O2. The van der Waals surface area contributed by atoms with Gasteiger partial charge in [0, 0.05) is 18.1 Å². The molecule has 0 spiro atoms. The Morgan fingerprint density at radius 1 is 1.27 bits per heavy atom. The number of amides is 1. The normalized spacial score (nSPS) is 19.5. The summed E-state index contributed by atoms with van der Waals surface area (Å²) in [7, 11) is 0. The molecule has 0 radical (unpaired) electrons. The van der Waals surface area contributed by atoms with Crippen LogP contribution in [-0.2, 0) is 11.3 Å². The molecule has 1 amide bonds. The summed E-state index contributed by atoms with van der Waals surface area (Å²) in [5.41, 5.74) is 8.28. The van der Waals surface area contributed by atoms with Gasteiger partial charge in [-0.1, -0.05) is 35.9 Å². The van der Waals surface area contributed by atoms with E-state index in [4.69, 9.17) is 16.3 Å². The Kier molecular flexibility index (Phi) is 6.14. The number of ether oxygens (including phenoxy) is 1. The standard InChI is InChI=1S/C20H24ClN3O2/c1-13(2)26-17-8-6-14(7-9-17)11-22-20(25)18-12-23-24-19(18)15-4-3-5-16(21)10-15/h3-10,13,18-19,23-24H,11-12H2,1-2H3,(H,22,25). The maximum absolute atomic E-state index is 12.7. The summed E-state index contributed by atoms with van der Waals surface area (Å²) in [5.74, 6) is 0.646. The van der Waals surface area contributed by atoms with Crippen molar-refractivity contribution >= 4 is 17.5 Å². The molecule has 0 bridgehead atoms. The molecule has 2 unspecified atom stereocenters. The summed E-state index contributed by atoms with van der Waals surface area (Å²) < 4.78 is 5.63. The van der Waals surface area contributed by atoms with E-state index in [0.29, 0.717) is 18.1 Å². The molecular weight excluding hydrogens is 350 g/mol. The fourth-order valence-corrected chi connectivity index (χ4v) is 3.23. The van der Waals surface area contributed by atoms with Crippen LogP contribution >= 0.6 is 11.6 Å². The van der Waals surface area contributed by atoms with Crippen molar-refractivity contribution in [2.75, 3.05) is 6.54 Å². The molecule has 0 saturated carbocycles. The van der Waals surface area contributed by atoms with Crippen LogP contribution in [0.5, 0.6) is 5.75 Å². The zero-order chi connectivity index (χ0) is 18.5. The lowest BCUT2D eigenvalue weighted by Crippen LogP contribution is -2.34. The predicted octanol–water partition coefficient (Wildman–Crippen LogP) is 3.21. The van der Waals surface area contributed by atoms with E-state index in [2.05, 4.69) is 16.2 Å². The molecule has 1 aliphatic heterocycles. The fourth-order valence-electron chi connectivity index (χ4n) is 3.04. The Balaban J connectivity index is 1.59. The highest BCUT2D eigenvalue weighted by molar-refractivity contribution is 6.30. The second-order valence-corrected chi connectivity index (χ2v) is 7.13. The number of carbonyl (C=O) groups excluding carboxylic acids is 1. The molecule has 3 N–H and O–H groups in total. The minimum Gasteiger partial charge on any atom is -0.491 e. The summed E-state index contributed by atoms with van der Waals surface area (Å²) in [6.45, 7) is 5.05. The Morgan fingerprint density at radius 3 is 2.73 bits per heavy atom. The van der Waals surface area contributed by atoms with E-state index in [1.165, 1.54) is 0 Å². The van der Waals surface area contributed by atoms with Gasteiger partial charge in [0.15, 0.2) is 0 Å². The zero-order valence-corrected chi connectivity index (χ0v) is 15.7. The van der Waals surface area contributed by atoms with E-state index in [1.807, 2.05) is 62.4 Å². The summed E-state index contributed by atoms with van der Waals surface area (Å²) in [6.07, 6.45) is 0.145. The highest BCUT2D eigenvalue weighted by Gasteiger charge is 2.33. The number of hydrogen-bond acceptors (Lipinski definition) is 4. The highest BCUT2D eigenvalue weighted by atomic mass is 35.5. The average Bonchev–Trinajstić information content (AvgIpc) is 3.10. The first kappa shape index (κ1) is 18.7. The van der Waals surface area contributed by atoms with Gasteiger partial charge in [0.25, 0.3) is 0 Å². The Labute approximate surface area is 159 Å². The summed E-state index contributed by atoms with van der Waals surface area (Å²) in [5, 5.41) is 3.69. The highest BCUT2D eigenvalue weighted by Crippen LogP contribution is 2.27. The quantitative estimate of drug-likeness (QED) is 0.727. The van der Waals surface area contributed by atoms with Crippen LogP contribution in [0, 0.1) is 5.92 Å². The van der Waals surface area contributed by atoms with Crippen LogP contribution in [0.1, 0.15) is 31.0 Å². The second-order valence-electron chi connectivity index (χ2n) is 6.69. The average molecular weight is 374 g/mol. The van der Waals surface area contributed by atoms with Crippen LogP contribution in [0.4, 0.5) is 0 Å². The number of benzene rings is 2. The largest absolute Gasteiger partial charge is 0.491 e. The molecule has 5 nitrogen and oxygen atoms in total. The first-order chi connectivity index (χ1) is 12.5. The van der Waals surface area contributed by atoms with Gasteiger partial charge in [-0.2, -0.15) is 0 Å². The molecule has 138 valence electrons. The second kappa shape index (κ2) is 8.54. The molecule has 6 heteroatoms. The van der Waals surface area contributed by atoms with Gasteiger partial charge < -0.3 is 10.1 Å². The van der Waals surface area contributed by atoms with Crippen molar-refractivity contribution in [2.45, 2.75) is 32.5 Å². The molecule has 26 heavy (non-hydrogen) atoms. The van der Waals surface area contributed by atoms with Crippen molar-refractivity contribution in [3.8, 4) is 5.75 Å². The molecule has 1 saturated heterocycles. The van der Waals surface area contributed by atoms with Gasteiger partial charge in [-0.3, -0.25) is 10.2 Å². The monoisotopic (exact) mass is 373 g/mol. The first-order valence-electron chi connectivity index (χ1n) is 8.80. The van der Waals surface area contributed by atoms with E-state index in [1.54, 1.807) is 0 Å². The predicted molar refractivity (Wildman–Crippen MR) is 103 cm³/mol. The summed E-state index contributed by atoms with van der Waals surface area (Å²) in [6, 6.07) is 15.3. The Bertz CT molecular complexity index is 749. The van der Waals surface area contributed by atoms with E-state index < -0.39 is 0 Å². The fraction of sp³-hybridized carbons (Fsp3) is 0.350. The summed E-state index contributed by atoms with van der Waals surface area (Å²) in [4.78, 5) is 12.7. The van der Waals surface area contributed by atoms with Gasteiger partial charge in [-0.15, -0.1) is 0 Å². The summed E-state index contributed by atoms with van der Waals surface area (Å²) >= 11 is 6.08. The number of nitrogens with one attached hydrogen (secondary N) is 3. The number of hydrazine groups is 1. The Hall–Kier alpha value is -2.08. The van der Waals surface area contributed by atoms with Gasteiger partial charge in [-0.05, 0) is 49.2 Å². The van der Waals surface area contributed by atoms with Crippen molar-refractivity contribution in [1.29, 1.82) is 0 Å². The third-order valence-electron chi connectivity index (χ3n) is 4.29. The first-order valence-corrected chi connectivity index (χ1v) is 9.18. The lowest BCUT2D eigenvalue weighted by atomic mass is 9.94. The minimum atomic E-state index is -0.197. The topological polar surface area (TPSA) is 62.4 Å². The smallest absolute Gasteiger partial charge is 0.226 e. The van der Waals surface area contributed by atoms with Gasteiger partial charge >= 0.3 is 0 Å². The maximum Gasteiger partial charge on any atom is 0.226 e. The molecule has 2 atom stereocenters. The lowest BCUT2D eigenvalue weighted by Gasteiger charge is -2.19. The third-order valence-corrected chi connectivity index (χ3v) is 4.52.